The monoisotopic (exact) mass is 284 g/mol. The molecule has 0 aliphatic carbocycles. The quantitative estimate of drug-likeness (QED) is 0.619. The molecule has 6 heteroatoms. The van der Waals surface area contributed by atoms with Crippen LogP contribution in [0.25, 0.3) is 0 Å². The number of nitro groups is 1. The van der Waals surface area contributed by atoms with Crippen LogP contribution in [0.5, 0.6) is 0 Å². The molecule has 0 unspecified atom stereocenters. The van der Waals surface area contributed by atoms with Crippen LogP contribution < -0.4 is 4.90 Å². The number of nitro benzene ring substituents is 1. The molecule has 0 radical (unpaired) electrons. The fourth-order valence-electron chi connectivity index (χ4n) is 1.73. The van der Waals surface area contributed by atoms with Gasteiger partial charge in [0.15, 0.2) is 0 Å². The zero-order valence-electron chi connectivity index (χ0n) is 8.35. The lowest BCUT2D eigenvalue weighted by atomic mass is 10.2. The predicted octanol–water partition coefficient (Wildman–Crippen LogP) is 2.48. The van der Waals surface area contributed by atoms with Crippen LogP contribution in [-0.2, 0) is 4.79 Å². The van der Waals surface area contributed by atoms with Crippen LogP contribution in [-0.4, -0.2) is 17.4 Å². The third kappa shape index (κ3) is 1.92. The Bertz CT molecular complexity index is 461. The summed E-state index contributed by atoms with van der Waals surface area (Å²) in [4.78, 5) is 23.3. The Hall–Kier alpha value is -1.43. The summed E-state index contributed by atoms with van der Waals surface area (Å²) in [7, 11) is 0. The van der Waals surface area contributed by atoms with Gasteiger partial charge >= 0.3 is 0 Å². The van der Waals surface area contributed by atoms with Crippen molar-refractivity contribution >= 4 is 33.2 Å². The Kier molecular flexibility index (Phi) is 2.91. The molecule has 0 saturated carbocycles. The number of halogens is 1. The molecule has 0 spiro atoms. The van der Waals surface area contributed by atoms with Crippen molar-refractivity contribution in [3.63, 3.8) is 0 Å². The van der Waals surface area contributed by atoms with E-state index in [2.05, 4.69) is 15.9 Å². The van der Waals surface area contributed by atoms with Crippen molar-refractivity contribution in [1.29, 1.82) is 0 Å². The van der Waals surface area contributed by atoms with E-state index in [1.54, 1.807) is 17.0 Å². The van der Waals surface area contributed by atoms with E-state index in [1.807, 2.05) is 0 Å². The normalized spacial score (nSPS) is 15.6. The lowest BCUT2D eigenvalue weighted by molar-refractivity contribution is -0.385. The Morgan fingerprint density at radius 2 is 2.19 bits per heavy atom. The number of carbonyl (C=O) groups is 1. The van der Waals surface area contributed by atoms with Crippen LogP contribution in [0.15, 0.2) is 22.7 Å². The average molecular weight is 285 g/mol. The summed E-state index contributed by atoms with van der Waals surface area (Å²) < 4.78 is 0.398. The maximum Gasteiger partial charge on any atom is 0.283 e. The average Bonchev–Trinajstić information content (AvgIpc) is 2.63. The third-order valence-corrected chi connectivity index (χ3v) is 3.15. The first-order valence-corrected chi connectivity index (χ1v) is 5.63. The molecular formula is C10H9BrN2O3. The highest BCUT2D eigenvalue weighted by Crippen LogP contribution is 2.31. The van der Waals surface area contributed by atoms with E-state index in [0.29, 0.717) is 23.1 Å². The van der Waals surface area contributed by atoms with E-state index in [1.165, 1.54) is 6.07 Å². The molecule has 0 N–H and O–H groups in total. The molecule has 1 aliphatic rings. The van der Waals surface area contributed by atoms with Gasteiger partial charge in [0.1, 0.15) is 0 Å². The zero-order chi connectivity index (χ0) is 11.7. The van der Waals surface area contributed by atoms with Crippen LogP contribution in [0.3, 0.4) is 0 Å². The van der Waals surface area contributed by atoms with Crippen LogP contribution in [0.2, 0.25) is 0 Å². The molecule has 1 saturated heterocycles. The van der Waals surface area contributed by atoms with Crippen LogP contribution in [0.1, 0.15) is 12.8 Å². The van der Waals surface area contributed by atoms with Gasteiger partial charge in [0.2, 0.25) is 5.91 Å². The number of hydrogen-bond donors (Lipinski definition) is 0. The van der Waals surface area contributed by atoms with E-state index in [0.717, 1.165) is 6.42 Å². The van der Waals surface area contributed by atoms with Gasteiger partial charge in [-0.05, 0) is 34.5 Å². The van der Waals surface area contributed by atoms with Crippen molar-refractivity contribution in [3.05, 3.63) is 32.8 Å². The SMILES string of the molecule is O=C1CCCN1c1ccc([N+](=O)[O-])c(Br)c1. The van der Waals surface area contributed by atoms with Crippen molar-refractivity contribution in [1.82, 2.24) is 0 Å². The van der Waals surface area contributed by atoms with E-state index in [9.17, 15) is 14.9 Å². The molecule has 1 heterocycles. The Balaban J connectivity index is 2.34. The number of carbonyl (C=O) groups excluding carboxylic acids is 1. The second kappa shape index (κ2) is 4.21. The second-order valence-electron chi connectivity index (χ2n) is 3.54. The highest BCUT2D eigenvalue weighted by molar-refractivity contribution is 9.10. The summed E-state index contributed by atoms with van der Waals surface area (Å²) in [5, 5.41) is 10.6. The minimum Gasteiger partial charge on any atom is -0.312 e. The molecule has 1 aromatic carbocycles. The Morgan fingerprint density at radius 1 is 1.44 bits per heavy atom. The predicted molar refractivity (Wildman–Crippen MR) is 62.4 cm³/mol. The van der Waals surface area contributed by atoms with Gasteiger partial charge < -0.3 is 4.90 Å². The molecule has 2 rings (SSSR count). The summed E-state index contributed by atoms with van der Waals surface area (Å²) in [5.41, 5.74) is 0.718. The molecular weight excluding hydrogens is 276 g/mol. The van der Waals surface area contributed by atoms with E-state index in [4.69, 9.17) is 0 Å². The highest BCUT2D eigenvalue weighted by Gasteiger charge is 2.23. The maximum atomic E-state index is 11.5. The molecule has 16 heavy (non-hydrogen) atoms. The van der Waals surface area contributed by atoms with Crippen molar-refractivity contribution in [3.8, 4) is 0 Å². The summed E-state index contributed by atoms with van der Waals surface area (Å²) in [6, 6.07) is 4.62. The number of hydrogen-bond acceptors (Lipinski definition) is 3. The molecule has 5 nitrogen and oxygen atoms in total. The first-order valence-electron chi connectivity index (χ1n) is 4.84. The Labute approximate surface area is 100 Å². The van der Waals surface area contributed by atoms with Gasteiger partial charge in [-0.15, -0.1) is 0 Å². The lowest BCUT2D eigenvalue weighted by Crippen LogP contribution is -2.23. The van der Waals surface area contributed by atoms with Gasteiger partial charge in [0.25, 0.3) is 5.69 Å². The lowest BCUT2D eigenvalue weighted by Gasteiger charge is -2.15. The number of rotatable bonds is 2. The largest absolute Gasteiger partial charge is 0.312 e. The summed E-state index contributed by atoms with van der Waals surface area (Å²) in [5.74, 6) is 0.0701. The van der Waals surface area contributed by atoms with E-state index in [-0.39, 0.29) is 11.6 Å². The van der Waals surface area contributed by atoms with Gasteiger partial charge in [-0.25, -0.2) is 0 Å². The fraction of sp³-hybridized carbons (Fsp3) is 0.300. The van der Waals surface area contributed by atoms with Gasteiger partial charge in [-0.2, -0.15) is 0 Å². The fourth-order valence-corrected chi connectivity index (χ4v) is 2.24. The standard InChI is InChI=1S/C10H9BrN2O3/c11-8-6-7(3-4-9(8)13(15)16)12-5-1-2-10(12)14/h3-4,6H,1-2,5H2. The minimum absolute atomic E-state index is 0.00963. The topological polar surface area (TPSA) is 63.5 Å². The molecule has 1 aromatic rings. The van der Waals surface area contributed by atoms with E-state index >= 15 is 0 Å². The molecule has 0 bridgehead atoms. The third-order valence-electron chi connectivity index (χ3n) is 2.51. The van der Waals surface area contributed by atoms with Crippen LogP contribution in [0.4, 0.5) is 11.4 Å². The number of anilines is 1. The first-order chi connectivity index (χ1) is 7.59. The van der Waals surface area contributed by atoms with Gasteiger partial charge in [0, 0.05) is 24.7 Å². The van der Waals surface area contributed by atoms with Crippen molar-refractivity contribution in [2.45, 2.75) is 12.8 Å². The zero-order valence-corrected chi connectivity index (χ0v) is 9.94. The molecule has 1 amide bonds. The van der Waals surface area contributed by atoms with E-state index < -0.39 is 4.92 Å². The molecule has 84 valence electrons. The molecule has 0 atom stereocenters. The highest BCUT2D eigenvalue weighted by atomic mass is 79.9. The molecule has 1 aliphatic heterocycles. The van der Waals surface area contributed by atoms with Gasteiger partial charge in [-0.1, -0.05) is 0 Å². The van der Waals surface area contributed by atoms with Crippen molar-refractivity contribution in [2.24, 2.45) is 0 Å². The second-order valence-corrected chi connectivity index (χ2v) is 4.40. The number of benzene rings is 1. The summed E-state index contributed by atoms with van der Waals surface area (Å²) in [6.45, 7) is 0.684. The van der Waals surface area contributed by atoms with Crippen molar-refractivity contribution in [2.75, 3.05) is 11.4 Å². The first kappa shape index (κ1) is 11.1. The van der Waals surface area contributed by atoms with Crippen molar-refractivity contribution < 1.29 is 9.72 Å². The smallest absolute Gasteiger partial charge is 0.283 e. The molecule has 1 fully saturated rings. The number of nitrogens with zero attached hydrogens (tertiary/aromatic N) is 2. The number of amides is 1. The Morgan fingerprint density at radius 3 is 2.69 bits per heavy atom. The maximum absolute atomic E-state index is 11.5. The summed E-state index contributed by atoms with van der Waals surface area (Å²) in [6.07, 6.45) is 1.39. The van der Waals surface area contributed by atoms with Gasteiger partial charge in [0.05, 0.1) is 9.40 Å². The van der Waals surface area contributed by atoms with Crippen LogP contribution >= 0.6 is 15.9 Å². The van der Waals surface area contributed by atoms with Gasteiger partial charge in [-0.3, -0.25) is 14.9 Å². The molecule has 0 aromatic heterocycles. The van der Waals surface area contributed by atoms with Crippen LogP contribution in [0, 0.1) is 10.1 Å². The minimum atomic E-state index is -0.459. The summed E-state index contributed by atoms with van der Waals surface area (Å²) >= 11 is 3.14.